The molecule has 2 aromatic rings. The van der Waals surface area contributed by atoms with Gasteiger partial charge in [-0.05, 0) is 41.7 Å². The number of ether oxygens (including phenoxy) is 2. The van der Waals surface area contributed by atoms with Gasteiger partial charge in [-0.25, -0.2) is 0 Å². The number of carbonyl (C=O) groups is 1. The van der Waals surface area contributed by atoms with Crippen LogP contribution in [-0.4, -0.2) is 31.6 Å². The summed E-state index contributed by atoms with van der Waals surface area (Å²) >= 11 is 0. The fraction of sp³-hybridized carbons (Fsp3) is 0.350. The molecule has 1 fully saturated rings. The monoisotopic (exact) mass is 323 g/mol. The van der Waals surface area contributed by atoms with E-state index >= 15 is 0 Å². The maximum absolute atomic E-state index is 12.5. The average Bonchev–Trinajstić information content (AvgIpc) is 2.99. The van der Waals surface area contributed by atoms with Gasteiger partial charge >= 0.3 is 0 Å². The third-order valence-corrected chi connectivity index (χ3v) is 5.37. The van der Waals surface area contributed by atoms with Crippen molar-refractivity contribution in [2.75, 3.05) is 20.8 Å². The van der Waals surface area contributed by atoms with Gasteiger partial charge in [0.2, 0.25) is 5.91 Å². The quantitative estimate of drug-likeness (QED) is 0.871. The van der Waals surface area contributed by atoms with E-state index in [0.29, 0.717) is 12.2 Å². The first-order chi connectivity index (χ1) is 11.7. The molecule has 2 aliphatic rings. The molecule has 4 heteroatoms. The first-order valence-corrected chi connectivity index (χ1v) is 8.32. The van der Waals surface area contributed by atoms with Crippen LogP contribution in [0.1, 0.15) is 29.5 Å². The zero-order valence-electron chi connectivity index (χ0n) is 14.0. The molecule has 2 heterocycles. The van der Waals surface area contributed by atoms with E-state index in [0.717, 1.165) is 25.1 Å². The highest BCUT2D eigenvalue weighted by molar-refractivity contribution is 5.82. The number of benzene rings is 2. The number of hydrogen-bond donors (Lipinski definition) is 0. The van der Waals surface area contributed by atoms with Gasteiger partial charge in [-0.2, -0.15) is 0 Å². The van der Waals surface area contributed by atoms with Crippen molar-refractivity contribution in [1.82, 2.24) is 4.90 Å². The van der Waals surface area contributed by atoms with Crippen LogP contribution in [0.2, 0.25) is 0 Å². The summed E-state index contributed by atoms with van der Waals surface area (Å²) < 4.78 is 11.0. The summed E-state index contributed by atoms with van der Waals surface area (Å²) in [6.07, 6.45) is 2.23. The number of rotatable bonds is 3. The second-order valence-electron chi connectivity index (χ2n) is 6.39. The van der Waals surface area contributed by atoms with Crippen LogP contribution < -0.4 is 9.47 Å². The number of hydrogen-bond acceptors (Lipinski definition) is 3. The lowest BCUT2D eigenvalue weighted by molar-refractivity contribution is -0.131. The molecule has 1 atom stereocenters. The van der Waals surface area contributed by atoms with Crippen LogP contribution in [0, 0.1) is 0 Å². The van der Waals surface area contributed by atoms with Gasteiger partial charge in [0.1, 0.15) is 0 Å². The van der Waals surface area contributed by atoms with Crippen LogP contribution in [0.15, 0.2) is 42.5 Å². The third kappa shape index (κ3) is 1.95. The van der Waals surface area contributed by atoms with Gasteiger partial charge in [0.25, 0.3) is 0 Å². The van der Waals surface area contributed by atoms with E-state index in [1.54, 1.807) is 14.2 Å². The lowest BCUT2D eigenvalue weighted by Gasteiger charge is -2.44. The summed E-state index contributed by atoms with van der Waals surface area (Å²) in [6, 6.07) is 14.5. The van der Waals surface area contributed by atoms with Crippen molar-refractivity contribution < 1.29 is 14.3 Å². The Morgan fingerprint density at radius 1 is 1.00 bits per heavy atom. The molecule has 124 valence electrons. The van der Waals surface area contributed by atoms with Crippen LogP contribution in [0.4, 0.5) is 0 Å². The van der Waals surface area contributed by atoms with Gasteiger partial charge in [0.15, 0.2) is 11.5 Å². The predicted molar refractivity (Wildman–Crippen MR) is 91.4 cm³/mol. The Morgan fingerprint density at radius 3 is 2.42 bits per heavy atom. The van der Waals surface area contributed by atoms with E-state index in [9.17, 15) is 4.79 Å². The standard InChI is InChI=1S/C20H21NO3/c1-23-17-12-14-9-11-21-19(22)8-10-20(21,15-6-4-3-5-7-15)16(14)13-18(17)24-2/h3-7,12-13H,8-11H2,1-2H3/t20-/m1/s1. The Balaban J connectivity index is 1.98. The summed E-state index contributed by atoms with van der Waals surface area (Å²) in [5.74, 6) is 1.70. The van der Waals surface area contributed by atoms with E-state index < -0.39 is 0 Å². The summed E-state index contributed by atoms with van der Waals surface area (Å²) in [6.45, 7) is 0.746. The molecule has 0 unspecified atom stereocenters. The largest absolute Gasteiger partial charge is 0.493 e. The third-order valence-electron chi connectivity index (χ3n) is 5.37. The molecule has 0 aliphatic carbocycles. The van der Waals surface area contributed by atoms with E-state index in [1.165, 1.54) is 16.7 Å². The second-order valence-corrected chi connectivity index (χ2v) is 6.39. The van der Waals surface area contributed by atoms with Crippen molar-refractivity contribution in [2.24, 2.45) is 0 Å². The Kier molecular flexibility index (Phi) is 3.48. The molecule has 0 saturated carbocycles. The highest BCUT2D eigenvalue weighted by atomic mass is 16.5. The minimum atomic E-state index is -0.383. The maximum atomic E-state index is 12.5. The molecule has 1 saturated heterocycles. The molecule has 4 rings (SSSR count). The summed E-state index contributed by atoms with van der Waals surface area (Å²) in [4.78, 5) is 14.6. The number of amides is 1. The Bertz CT molecular complexity index is 787. The zero-order chi connectivity index (χ0) is 16.7. The molecule has 1 amide bonds. The van der Waals surface area contributed by atoms with Crippen molar-refractivity contribution in [3.05, 3.63) is 59.2 Å². The molecule has 0 radical (unpaired) electrons. The van der Waals surface area contributed by atoms with Gasteiger partial charge in [0.05, 0.1) is 19.8 Å². The fourth-order valence-corrected chi connectivity index (χ4v) is 4.28. The van der Waals surface area contributed by atoms with Crippen LogP contribution in [0.3, 0.4) is 0 Å². The Hall–Kier alpha value is -2.49. The second kappa shape index (κ2) is 5.55. The van der Waals surface area contributed by atoms with Crippen molar-refractivity contribution in [3.8, 4) is 11.5 Å². The van der Waals surface area contributed by atoms with Crippen molar-refractivity contribution >= 4 is 5.91 Å². The summed E-state index contributed by atoms with van der Waals surface area (Å²) in [7, 11) is 3.31. The topological polar surface area (TPSA) is 38.8 Å². The van der Waals surface area contributed by atoms with Crippen LogP contribution in [0.5, 0.6) is 11.5 Å². The minimum absolute atomic E-state index is 0.235. The molecule has 2 aliphatic heterocycles. The zero-order valence-corrected chi connectivity index (χ0v) is 14.0. The molecule has 0 aromatic heterocycles. The van der Waals surface area contributed by atoms with E-state index in [4.69, 9.17) is 9.47 Å². The summed E-state index contributed by atoms with van der Waals surface area (Å²) in [5.41, 5.74) is 3.20. The molecule has 4 nitrogen and oxygen atoms in total. The molecule has 2 aromatic carbocycles. The van der Waals surface area contributed by atoms with E-state index in [-0.39, 0.29) is 11.4 Å². The van der Waals surface area contributed by atoms with Gasteiger partial charge < -0.3 is 14.4 Å². The van der Waals surface area contributed by atoms with Gasteiger partial charge in [-0.1, -0.05) is 30.3 Å². The van der Waals surface area contributed by atoms with Crippen LogP contribution in [-0.2, 0) is 16.8 Å². The van der Waals surface area contributed by atoms with Crippen molar-refractivity contribution in [1.29, 1.82) is 0 Å². The number of methoxy groups -OCH3 is 2. The summed E-state index contributed by atoms with van der Waals surface area (Å²) in [5, 5.41) is 0. The Morgan fingerprint density at radius 2 is 1.71 bits per heavy atom. The lowest BCUT2D eigenvalue weighted by atomic mass is 9.75. The first kappa shape index (κ1) is 15.1. The SMILES string of the molecule is COc1cc2c(cc1OC)[C@]1(c3ccccc3)CCC(=O)N1CC2. The molecular weight excluding hydrogens is 302 g/mol. The normalized spacial score (nSPS) is 22.1. The van der Waals surface area contributed by atoms with Gasteiger partial charge in [0, 0.05) is 13.0 Å². The van der Waals surface area contributed by atoms with Crippen molar-refractivity contribution in [2.45, 2.75) is 24.8 Å². The average molecular weight is 323 g/mol. The fourth-order valence-electron chi connectivity index (χ4n) is 4.28. The highest BCUT2D eigenvalue weighted by Gasteiger charge is 2.50. The number of carbonyl (C=O) groups excluding carboxylic acids is 1. The smallest absolute Gasteiger partial charge is 0.223 e. The molecule has 0 spiro atoms. The van der Waals surface area contributed by atoms with E-state index in [2.05, 4.69) is 29.2 Å². The molecule has 24 heavy (non-hydrogen) atoms. The lowest BCUT2D eigenvalue weighted by Crippen LogP contribution is -2.48. The van der Waals surface area contributed by atoms with Crippen molar-refractivity contribution in [3.63, 3.8) is 0 Å². The van der Waals surface area contributed by atoms with Gasteiger partial charge in [-0.15, -0.1) is 0 Å². The van der Waals surface area contributed by atoms with Crippen LogP contribution in [0.25, 0.3) is 0 Å². The van der Waals surface area contributed by atoms with Gasteiger partial charge in [-0.3, -0.25) is 4.79 Å². The first-order valence-electron chi connectivity index (χ1n) is 8.32. The number of nitrogens with zero attached hydrogens (tertiary/aromatic N) is 1. The number of fused-ring (bicyclic) bond motifs is 3. The predicted octanol–water partition coefficient (Wildman–Crippen LogP) is 3.13. The van der Waals surface area contributed by atoms with E-state index in [1.807, 2.05) is 18.2 Å². The maximum Gasteiger partial charge on any atom is 0.223 e. The molecule has 0 N–H and O–H groups in total. The molecule has 0 bridgehead atoms. The minimum Gasteiger partial charge on any atom is -0.493 e. The van der Waals surface area contributed by atoms with Crippen LogP contribution >= 0.6 is 0 Å². The molecular formula is C20H21NO3. The highest BCUT2D eigenvalue weighted by Crippen LogP contribution is 2.50. The Labute approximate surface area is 142 Å².